The van der Waals surface area contributed by atoms with Crippen LogP contribution >= 0.6 is 12.2 Å². The van der Waals surface area contributed by atoms with Crippen molar-refractivity contribution in [2.24, 2.45) is 0 Å². The number of rotatable bonds is 4. The minimum Gasteiger partial charge on any atom is -0.438 e. The Hall–Kier alpha value is -1.51. The van der Waals surface area contributed by atoms with Crippen LogP contribution < -0.4 is 0 Å². The molecule has 6 nitrogen and oxygen atoms in total. The summed E-state index contributed by atoms with van der Waals surface area (Å²) in [4.78, 5) is 3.29. The van der Waals surface area contributed by atoms with Gasteiger partial charge >= 0.3 is 0 Å². The minimum atomic E-state index is -0.696. The van der Waals surface area contributed by atoms with Crippen molar-refractivity contribution in [1.29, 1.82) is 0 Å². The number of hydrogen-bond acceptors (Lipinski definition) is 6. The summed E-state index contributed by atoms with van der Waals surface area (Å²) in [7, 11) is 0. The second-order valence-electron chi connectivity index (χ2n) is 6.39. The molecule has 3 heterocycles. The van der Waals surface area contributed by atoms with Crippen molar-refractivity contribution >= 4 is 12.2 Å². The molecule has 7 heteroatoms. The molecule has 2 aliphatic rings. The maximum absolute atomic E-state index is 6.15. The lowest BCUT2D eigenvalue weighted by molar-refractivity contribution is -0.220. The lowest BCUT2D eigenvalue weighted by Crippen LogP contribution is -2.33. The molecule has 2 aliphatic heterocycles. The van der Waals surface area contributed by atoms with E-state index in [9.17, 15) is 0 Å². The van der Waals surface area contributed by atoms with E-state index in [1.54, 1.807) is 6.26 Å². The molecule has 24 heavy (non-hydrogen) atoms. The average molecular weight is 349 g/mol. The largest absolute Gasteiger partial charge is 0.438 e. The molecular formula is C17H19NO5S. The number of hydrogen-bond donors (Lipinski definition) is 1. The van der Waals surface area contributed by atoms with Crippen molar-refractivity contribution in [2.45, 2.75) is 50.8 Å². The Kier molecular flexibility index (Phi) is 4.06. The van der Waals surface area contributed by atoms with E-state index in [0.29, 0.717) is 11.4 Å². The van der Waals surface area contributed by atoms with Crippen molar-refractivity contribution < 1.29 is 23.4 Å². The van der Waals surface area contributed by atoms with Gasteiger partial charge in [0.2, 0.25) is 0 Å². The fourth-order valence-electron chi connectivity index (χ4n) is 3.11. The van der Waals surface area contributed by atoms with Gasteiger partial charge in [0.15, 0.2) is 12.1 Å². The van der Waals surface area contributed by atoms with Gasteiger partial charge in [-0.2, -0.15) is 0 Å². The van der Waals surface area contributed by atoms with Gasteiger partial charge in [-0.3, -0.25) is 0 Å². The van der Waals surface area contributed by atoms with Crippen LogP contribution in [0.5, 0.6) is 0 Å². The summed E-state index contributed by atoms with van der Waals surface area (Å²) in [5.41, 5.74) is 1.80. The summed E-state index contributed by atoms with van der Waals surface area (Å²) >= 11 is 5.00. The molecule has 2 saturated heterocycles. The first-order chi connectivity index (χ1) is 11.5. The summed E-state index contributed by atoms with van der Waals surface area (Å²) in [6, 6.07) is 9.97. The zero-order valence-electron chi connectivity index (χ0n) is 13.4. The van der Waals surface area contributed by atoms with Crippen molar-refractivity contribution in [3.63, 3.8) is 0 Å². The molecule has 0 aliphatic carbocycles. The number of oxazole rings is 1. The Morgan fingerprint density at radius 1 is 1.21 bits per heavy atom. The summed E-state index contributed by atoms with van der Waals surface area (Å²) in [6.07, 6.45) is 0.0339. The van der Waals surface area contributed by atoms with Crippen LogP contribution in [0, 0.1) is 4.84 Å². The van der Waals surface area contributed by atoms with Crippen LogP contribution in [-0.4, -0.2) is 29.3 Å². The highest BCUT2D eigenvalue weighted by atomic mass is 32.1. The number of benzene rings is 1. The van der Waals surface area contributed by atoms with E-state index in [-0.39, 0.29) is 18.3 Å². The topological polar surface area (TPSA) is 65.9 Å². The predicted octanol–water partition coefficient (Wildman–Crippen LogP) is 3.47. The molecule has 0 unspecified atom stereocenters. The number of H-pyrrole nitrogens is 1. The number of nitrogens with one attached hydrogen (secondary N) is 1. The third kappa shape index (κ3) is 3.05. The first-order valence-electron chi connectivity index (χ1n) is 7.86. The second kappa shape index (κ2) is 6.09. The molecule has 128 valence electrons. The Bertz CT molecular complexity index is 756. The monoisotopic (exact) mass is 349 g/mol. The van der Waals surface area contributed by atoms with Crippen LogP contribution in [0.25, 0.3) is 0 Å². The maximum Gasteiger partial charge on any atom is 0.266 e. The third-order valence-corrected chi connectivity index (χ3v) is 4.32. The molecule has 0 radical (unpaired) electrons. The van der Waals surface area contributed by atoms with E-state index in [2.05, 4.69) is 4.98 Å². The standard InChI is InChI=1S/C17H19NO5S/c1-17(2)22-14-13(19-8-10-6-4-3-5-7-10)12(21-15(14)23-17)11-9-20-16(24)18-11/h3-7,9,12-15H,8H2,1-2H3,(H,18,24)/t12-,13-,14-,15-/m1/s1. The molecule has 0 bridgehead atoms. The molecule has 0 saturated carbocycles. The minimum absolute atomic E-state index is 0.301. The predicted molar refractivity (Wildman–Crippen MR) is 86.6 cm³/mol. The third-order valence-electron chi connectivity index (χ3n) is 4.12. The van der Waals surface area contributed by atoms with Gasteiger partial charge in [-0.1, -0.05) is 30.3 Å². The van der Waals surface area contributed by atoms with Gasteiger partial charge in [0, 0.05) is 0 Å². The second-order valence-corrected chi connectivity index (χ2v) is 6.76. The van der Waals surface area contributed by atoms with E-state index in [1.165, 1.54) is 0 Å². The first kappa shape index (κ1) is 16.0. The van der Waals surface area contributed by atoms with Crippen molar-refractivity contribution in [2.75, 3.05) is 0 Å². The summed E-state index contributed by atoms with van der Waals surface area (Å²) in [6.45, 7) is 4.18. The van der Waals surface area contributed by atoms with Crippen LogP contribution in [0.1, 0.15) is 31.2 Å². The highest BCUT2D eigenvalue weighted by Crippen LogP contribution is 2.44. The van der Waals surface area contributed by atoms with E-state index in [0.717, 1.165) is 11.3 Å². The van der Waals surface area contributed by atoms with Crippen LogP contribution in [0.4, 0.5) is 0 Å². The van der Waals surface area contributed by atoms with Crippen LogP contribution in [-0.2, 0) is 25.6 Å². The van der Waals surface area contributed by atoms with Gasteiger partial charge in [0.05, 0.1) is 12.3 Å². The van der Waals surface area contributed by atoms with Gasteiger partial charge in [-0.05, 0) is 31.6 Å². The summed E-state index contributed by atoms with van der Waals surface area (Å²) < 4.78 is 29.2. The highest BCUT2D eigenvalue weighted by molar-refractivity contribution is 7.71. The van der Waals surface area contributed by atoms with Crippen LogP contribution in [0.15, 0.2) is 41.0 Å². The van der Waals surface area contributed by atoms with Crippen LogP contribution in [0.2, 0.25) is 0 Å². The molecule has 1 N–H and O–H groups in total. The van der Waals surface area contributed by atoms with Gasteiger partial charge in [-0.15, -0.1) is 0 Å². The molecular weight excluding hydrogens is 330 g/mol. The van der Waals surface area contributed by atoms with Gasteiger partial charge in [0.25, 0.3) is 4.84 Å². The molecule has 2 aromatic rings. The molecule has 4 atom stereocenters. The lowest BCUT2D eigenvalue weighted by Gasteiger charge is -2.25. The Morgan fingerprint density at radius 3 is 2.71 bits per heavy atom. The van der Waals surface area contributed by atoms with E-state index in [4.69, 9.17) is 35.6 Å². The van der Waals surface area contributed by atoms with Crippen molar-refractivity contribution in [3.05, 3.63) is 52.7 Å². The smallest absolute Gasteiger partial charge is 0.266 e. The average Bonchev–Trinajstić information content (AvgIpc) is 3.18. The van der Waals surface area contributed by atoms with Gasteiger partial charge in [0.1, 0.15) is 24.6 Å². The number of aromatic amines is 1. The zero-order chi connectivity index (χ0) is 16.7. The maximum atomic E-state index is 6.15. The molecule has 4 rings (SSSR count). The zero-order valence-corrected chi connectivity index (χ0v) is 14.2. The quantitative estimate of drug-likeness (QED) is 0.853. The van der Waals surface area contributed by atoms with Crippen LogP contribution in [0.3, 0.4) is 0 Å². The van der Waals surface area contributed by atoms with Crippen molar-refractivity contribution in [3.8, 4) is 0 Å². The Balaban J connectivity index is 1.56. The van der Waals surface area contributed by atoms with E-state index >= 15 is 0 Å². The number of ether oxygens (including phenoxy) is 4. The molecule has 0 spiro atoms. The molecule has 1 aromatic carbocycles. The number of aromatic nitrogens is 1. The fourth-order valence-corrected chi connectivity index (χ4v) is 3.28. The molecule has 0 amide bonds. The van der Waals surface area contributed by atoms with Gasteiger partial charge < -0.3 is 28.3 Å². The van der Waals surface area contributed by atoms with E-state index in [1.807, 2.05) is 44.2 Å². The highest BCUT2D eigenvalue weighted by Gasteiger charge is 2.56. The number of fused-ring (bicyclic) bond motifs is 1. The Morgan fingerprint density at radius 2 is 2.00 bits per heavy atom. The summed E-state index contributed by atoms with van der Waals surface area (Å²) in [5, 5.41) is 0. The molecule has 2 fully saturated rings. The first-order valence-corrected chi connectivity index (χ1v) is 8.27. The molecule has 1 aromatic heterocycles. The lowest BCUT2D eigenvalue weighted by atomic mass is 10.1. The van der Waals surface area contributed by atoms with Gasteiger partial charge in [-0.25, -0.2) is 0 Å². The van der Waals surface area contributed by atoms with Crippen molar-refractivity contribution in [1.82, 2.24) is 4.98 Å². The SMILES string of the molecule is CC1(C)O[C@H]2O[C@H](c3coc(=S)[nH]3)[C@@H](OCc3ccccc3)[C@H]2O1. The Labute approximate surface area is 144 Å². The normalized spacial score (nSPS) is 31.2. The fraction of sp³-hybridized carbons (Fsp3) is 0.471. The summed E-state index contributed by atoms with van der Waals surface area (Å²) in [5.74, 6) is -0.696. The van der Waals surface area contributed by atoms with E-state index < -0.39 is 12.1 Å².